The van der Waals surface area contributed by atoms with Crippen molar-refractivity contribution in [2.75, 3.05) is 19.8 Å². The number of ether oxygens (including phenoxy) is 2. The Balaban J connectivity index is 1.75. The second-order valence-electron chi connectivity index (χ2n) is 6.69. The largest absolute Gasteiger partial charge is 0.484 e. The maximum Gasteiger partial charge on any atom is 0.257 e. The molecule has 2 N–H and O–H groups in total. The van der Waals surface area contributed by atoms with Crippen molar-refractivity contribution < 1.29 is 22.7 Å². The molecule has 1 amide bonds. The van der Waals surface area contributed by atoms with Crippen LogP contribution in [0, 0.1) is 0 Å². The number of benzene rings is 2. The number of hydrogen-bond donors (Lipinski definition) is 2. The topological polar surface area (TPSA) is 93.7 Å². The lowest BCUT2D eigenvalue weighted by molar-refractivity contribution is -0.123. The number of carbonyl (C=O) groups excluding carboxylic acids is 1. The monoisotopic (exact) mass is 420 g/mol. The molecule has 0 spiro atoms. The van der Waals surface area contributed by atoms with Crippen molar-refractivity contribution in [3.05, 3.63) is 60.2 Å². The predicted molar refractivity (Wildman–Crippen MR) is 111 cm³/mol. The molecule has 0 aliphatic heterocycles. The molecule has 158 valence electrons. The van der Waals surface area contributed by atoms with E-state index in [2.05, 4.69) is 10.0 Å². The number of amides is 1. The Hall–Kier alpha value is -2.42. The van der Waals surface area contributed by atoms with Gasteiger partial charge < -0.3 is 14.8 Å². The van der Waals surface area contributed by atoms with Gasteiger partial charge in [0.15, 0.2) is 6.61 Å². The van der Waals surface area contributed by atoms with Gasteiger partial charge in [-0.05, 0) is 50.1 Å². The van der Waals surface area contributed by atoms with Gasteiger partial charge in [-0.1, -0.05) is 30.3 Å². The van der Waals surface area contributed by atoms with Crippen LogP contribution in [0.25, 0.3) is 0 Å². The Labute approximate surface area is 172 Å². The Kier molecular flexibility index (Phi) is 9.11. The highest BCUT2D eigenvalue weighted by molar-refractivity contribution is 7.89. The molecule has 0 atom stereocenters. The summed E-state index contributed by atoms with van der Waals surface area (Å²) in [5, 5.41) is 2.74. The van der Waals surface area contributed by atoms with Crippen molar-refractivity contribution in [2.45, 2.75) is 37.8 Å². The predicted octanol–water partition coefficient (Wildman–Crippen LogP) is 2.48. The summed E-state index contributed by atoms with van der Waals surface area (Å²) in [5.74, 6) is 0.182. The third-order valence-electron chi connectivity index (χ3n) is 3.91. The number of sulfonamides is 1. The molecule has 0 unspecified atom stereocenters. The molecule has 0 bridgehead atoms. The molecular formula is C21H28N2O5S. The van der Waals surface area contributed by atoms with Crippen LogP contribution in [0.3, 0.4) is 0 Å². The van der Waals surface area contributed by atoms with Crippen molar-refractivity contribution in [2.24, 2.45) is 0 Å². The number of rotatable bonds is 12. The van der Waals surface area contributed by atoms with Crippen LogP contribution in [0.5, 0.6) is 5.75 Å². The van der Waals surface area contributed by atoms with Gasteiger partial charge in [0, 0.05) is 19.7 Å². The summed E-state index contributed by atoms with van der Waals surface area (Å²) >= 11 is 0. The first kappa shape index (κ1) is 22.9. The summed E-state index contributed by atoms with van der Waals surface area (Å²) in [6.45, 7) is 5.10. The maximum atomic E-state index is 12.4. The third-order valence-corrected chi connectivity index (χ3v) is 5.32. The second kappa shape index (κ2) is 11.5. The fraction of sp³-hybridized carbons (Fsp3) is 0.381. The van der Waals surface area contributed by atoms with Crippen molar-refractivity contribution in [3.63, 3.8) is 0 Å². The first-order chi connectivity index (χ1) is 13.9. The van der Waals surface area contributed by atoms with Gasteiger partial charge in [-0.2, -0.15) is 0 Å². The van der Waals surface area contributed by atoms with Crippen LogP contribution in [0.2, 0.25) is 0 Å². The van der Waals surface area contributed by atoms with Crippen LogP contribution in [-0.4, -0.2) is 40.2 Å². The summed E-state index contributed by atoms with van der Waals surface area (Å²) in [6, 6.07) is 15.2. The summed E-state index contributed by atoms with van der Waals surface area (Å²) < 4.78 is 38.1. The zero-order valence-electron chi connectivity index (χ0n) is 16.8. The van der Waals surface area contributed by atoms with Crippen molar-refractivity contribution in [1.82, 2.24) is 10.0 Å². The number of hydrogen-bond acceptors (Lipinski definition) is 5. The highest BCUT2D eigenvalue weighted by Crippen LogP contribution is 2.16. The van der Waals surface area contributed by atoms with Crippen LogP contribution < -0.4 is 14.8 Å². The average Bonchev–Trinajstić information content (AvgIpc) is 2.71. The molecule has 0 fully saturated rings. The van der Waals surface area contributed by atoms with Crippen LogP contribution in [-0.2, 0) is 26.1 Å². The van der Waals surface area contributed by atoms with E-state index in [0.29, 0.717) is 18.9 Å². The van der Waals surface area contributed by atoms with E-state index in [1.165, 1.54) is 24.3 Å². The lowest BCUT2D eigenvalue weighted by Crippen LogP contribution is -2.30. The molecule has 0 aliphatic carbocycles. The van der Waals surface area contributed by atoms with Crippen molar-refractivity contribution in [3.8, 4) is 5.75 Å². The molecule has 8 heteroatoms. The molecule has 0 aromatic heterocycles. The van der Waals surface area contributed by atoms with E-state index in [-0.39, 0.29) is 30.1 Å². The van der Waals surface area contributed by atoms with Gasteiger partial charge in [0.05, 0.1) is 11.0 Å². The first-order valence-corrected chi connectivity index (χ1v) is 11.0. The quantitative estimate of drug-likeness (QED) is 0.515. The molecule has 0 saturated heterocycles. The van der Waals surface area contributed by atoms with Crippen LogP contribution >= 0.6 is 0 Å². The summed E-state index contributed by atoms with van der Waals surface area (Å²) in [4.78, 5) is 11.9. The van der Waals surface area contributed by atoms with E-state index in [9.17, 15) is 13.2 Å². The Bertz CT molecular complexity index is 852. The minimum Gasteiger partial charge on any atom is -0.484 e. The number of carbonyl (C=O) groups is 1. The Morgan fingerprint density at radius 1 is 1.03 bits per heavy atom. The van der Waals surface area contributed by atoms with Gasteiger partial charge in [0.2, 0.25) is 10.0 Å². The van der Waals surface area contributed by atoms with E-state index in [4.69, 9.17) is 9.47 Å². The lowest BCUT2D eigenvalue weighted by atomic mass is 10.2. The standard InChI is InChI=1S/C21H28N2O5S/c1-17(2)27-14-6-13-22-21(24)16-28-19-9-11-20(12-10-19)29(25,26)23-15-18-7-4-3-5-8-18/h3-5,7-12,17,23H,6,13-16H2,1-2H3,(H,22,24). The average molecular weight is 421 g/mol. The van der Waals surface area contributed by atoms with E-state index < -0.39 is 10.0 Å². The van der Waals surface area contributed by atoms with Crippen molar-refractivity contribution >= 4 is 15.9 Å². The van der Waals surface area contributed by atoms with Gasteiger partial charge in [-0.25, -0.2) is 13.1 Å². The molecule has 0 aliphatic rings. The van der Waals surface area contributed by atoms with E-state index in [0.717, 1.165) is 12.0 Å². The minimum atomic E-state index is -3.63. The van der Waals surface area contributed by atoms with Gasteiger partial charge in [-0.15, -0.1) is 0 Å². The molecule has 0 heterocycles. The fourth-order valence-corrected chi connectivity index (χ4v) is 3.41. The smallest absolute Gasteiger partial charge is 0.257 e. The summed E-state index contributed by atoms with van der Waals surface area (Å²) in [7, 11) is -3.63. The van der Waals surface area contributed by atoms with Crippen LogP contribution in [0.1, 0.15) is 25.8 Å². The molecule has 0 radical (unpaired) electrons. The zero-order chi connectivity index (χ0) is 21.1. The lowest BCUT2D eigenvalue weighted by Gasteiger charge is -2.10. The molecule has 29 heavy (non-hydrogen) atoms. The molecule has 0 saturated carbocycles. The SMILES string of the molecule is CC(C)OCCCNC(=O)COc1ccc(S(=O)(=O)NCc2ccccc2)cc1. The molecule has 2 aromatic carbocycles. The first-order valence-electron chi connectivity index (χ1n) is 9.51. The maximum absolute atomic E-state index is 12.4. The van der Waals surface area contributed by atoms with E-state index in [1.807, 2.05) is 44.2 Å². The normalized spacial score (nSPS) is 11.4. The van der Waals surface area contributed by atoms with Gasteiger partial charge in [-0.3, -0.25) is 4.79 Å². The van der Waals surface area contributed by atoms with Crippen LogP contribution in [0.15, 0.2) is 59.5 Å². The van der Waals surface area contributed by atoms with Gasteiger partial charge in [0.1, 0.15) is 5.75 Å². The Morgan fingerprint density at radius 2 is 1.72 bits per heavy atom. The zero-order valence-corrected chi connectivity index (χ0v) is 17.6. The molecule has 2 rings (SSSR count). The molecule has 7 nitrogen and oxygen atoms in total. The van der Waals surface area contributed by atoms with Crippen LogP contribution in [0.4, 0.5) is 0 Å². The number of nitrogens with one attached hydrogen (secondary N) is 2. The molecular weight excluding hydrogens is 392 g/mol. The van der Waals surface area contributed by atoms with Gasteiger partial charge >= 0.3 is 0 Å². The molecule has 2 aromatic rings. The van der Waals surface area contributed by atoms with Gasteiger partial charge in [0.25, 0.3) is 5.91 Å². The highest BCUT2D eigenvalue weighted by Gasteiger charge is 2.14. The summed E-state index contributed by atoms with van der Waals surface area (Å²) in [5.41, 5.74) is 0.873. The van der Waals surface area contributed by atoms with Crippen molar-refractivity contribution in [1.29, 1.82) is 0 Å². The van der Waals surface area contributed by atoms with E-state index >= 15 is 0 Å². The highest BCUT2D eigenvalue weighted by atomic mass is 32.2. The fourth-order valence-electron chi connectivity index (χ4n) is 2.39. The second-order valence-corrected chi connectivity index (χ2v) is 8.46. The third kappa shape index (κ3) is 8.64. The minimum absolute atomic E-state index is 0.135. The Morgan fingerprint density at radius 3 is 2.38 bits per heavy atom. The summed E-state index contributed by atoms with van der Waals surface area (Å²) in [6.07, 6.45) is 0.904. The van der Waals surface area contributed by atoms with E-state index in [1.54, 1.807) is 0 Å².